The lowest BCUT2D eigenvalue weighted by atomic mass is 10.2. The smallest absolute Gasteiger partial charge is 0.167 e. The average molecular weight is 207 g/mol. The van der Waals surface area contributed by atoms with Gasteiger partial charge in [-0.2, -0.15) is 0 Å². The maximum atomic E-state index is 9.86. The minimum atomic E-state index is -0.0487. The second kappa shape index (κ2) is 3.47. The molecular weight excluding hydrogens is 194 g/mol. The molecule has 0 atom stereocenters. The van der Waals surface area contributed by atoms with E-state index in [9.17, 15) is 5.11 Å². The molecule has 15 heavy (non-hydrogen) atoms. The van der Waals surface area contributed by atoms with Gasteiger partial charge in [0.15, 0.2) is 11.5 Å². The first kappa shape index (κ1) is 9.86. The van der Waals surface area contributed by atoms with Crippen LogP contribution in [-0.2, 0) is 13.7 Å². The van der Waals surface area contributed by atoms with E-state index < -0.39 is 0 Å². The summed E-state index contributed by atoms with van der Waals surface area (Å²) in [4.78, 5) is 0. The minimum absolute atomic E-state index is 0.0487. The zero-order valence-corrected chi connectivity index (χ0v) is 8.69. The summed E-state index contributed by atoms with van der Waals surface area (Å²) < 4.78 is 6.86. The predicted octanol–water partition coefficient (Wildman–Crippen LogP) is 1.38. The Morgan fingerprint density at radius 3 is 2.73 bits per heavy atom. The second-order valence-electron chi connectivity index (χ2n) is 3.40. The number of phenolic OH excluding ortho intramolecular Hbond substituents is 1. The lowest BCUT2D eigenvalue weighted by molar-refractivity contribution is 0.273. The SMILES string of the molecule is COc1ccc2c(cc(CO)n2C)c1O. The van der Waals surface area contributed by atoms with Crippen LogP contribution in [0.4, 0.5) is 0 Å². The van der Waals surface area contributed by atoms with Crippen LogP contribution in [-0.4, -0.2) is 21.9 Å². The minimum Gasteiger partial charge on any atom is -0.504 e. The van der Waals surface area contributed by atoms with Crippen molar-refractivity contribution < 1.29 is 14.9 Å². The maximum absolute atomic E-state index is 9.86. The van der Waals surface area contributed by atoms with Crippen molar-refractivity contribution in [3.8, 4) is 11.5 Å². The fourth-order valence-corrected chi connectivity index (χ4v) is 1.75. The molecule has 4 heteroatoms. The molecule has 80 valence electrons. The van der Waals surface area contributed by atoms with Crippen molar-refractivity contribution in [1.82, 2.24) is 4.57 Å². The number of benzene rings is 1. The summed E-state index contributed by atoms with van der Waals surface area (Å²) in [5.74, 6) is 0.558. The van der Waals surface area contributed by atoms with Gasteiger partial charge in [0.05, 0.1) is 19.2 Å². The number of nitrogens with zero attached hydrogens (tertiary/aromatic N) is 1. The van der Waals surface area contributed by atoms with Crippen LogP contribution in [0.25, 0.3) is 10.9 Å². The Morgan fingerprint density at radius 1 is 1.40 bits per heavy atom. The number of aryl methyl sites for hydroxylation is 1. The van der Waals surface area contributed by atoms with Crippen LogP contribution in [0.5, 0.6) is 11.5 Å². The van der Waals surface area contributed by atoms with Crippen molar-refractivity contribution >= 4 is 10.9 Å². The Bertz CT molecular complexity index is 502. The molecule has 0 saturated heterocycles. The molecule has 1 aromatic carbocycles. The number of aliphatic hydroxyl groups excluding tert-OH is 1. The summed E-state index contributed by atoms with van der Waals surface area (Å²) in [6.45, 7) is -0.0487. The summed E-state index contributed by atoms with van der Waals surface area (Å²) in [5, 5.41) is 19.7. The van der Waals surface area contributed by atoms with Gasteiger partial charge in [0.25, 0.3) is 0 Å². The lowest BCUT2D eigenvalue weighted by Gasteiger charge is -2.04. The number of methoxy groups -OCH3 is 1. The van der Waals surface area contributed by atoms with Crippen molar-refractivity contribution in [3.63, 3.8) is 0 Å². The van der Waals surface area contributed by atoms with Gasteiger partial charge in [0, 0.05) is 18.1 Å². The van der Waals surface area contributed by atoms with Gasteiger partial charge in [-0.25, -0.2) is 0 Å². The van der Waals surface area contributed by atoms with Crippen LogP contribution in [0.15, 0.2) is 18.2 Å². The summed E-state index contributed by atoms with van der Waals surface area (Å²) in [5.41, 5.74) is 1.63. The lowest BCUT2D eigenvalue weighted by Crippen LogP contribution is -1.94. The van der Waals surface area contributed by atoms with Crippen molar-refractivity contribution in [2.24, 2.45) is 7.05 Å². The first-order valence-electron chi connectivity index (χ1n) is 4.64. The highest BCUT2D eigenvalue weighted by Gasteiger charge is 2.11. The summed E-state index contributed by atoms with van der Waals surface area (Å²) in [7, 11) is 3.36. The van der Waals surface area contributed by atoms with E-state index in [4.69, 9.17) is 9.84 Å². The molecule has 0 fully saturated rings. The molecule has 0 aliphatic carbocycles. The molecule has 0 saturated carbocycles. The van der Waals surface area contributed by atoms with Crippen LogP contribution in [0.3, 0.4) is 0 Å². The molecule has 1 heterocycles. The standard InChI is InChI=1S/C11H13NO3/c1-12-7(6-13)5-8-9(12)3-4-10(15-2)11(8)14/h3-5,13-14H,6H2,1-2H3. The van der Waals surface area contributed by atoms with E-state index in [0.29, 0.717) is 11.1 Å². The Balaban J connectivity index is 2.77. The number of aliphatic hydroxyl groups is 1. The summed E-state index contributed by atoms with van der Waals surface area (Å²) in [6, 6.07) is 5.32. The molecule has 0 radical (unpaired) electrons. The van der Waals surface area contributed by atoms with E-state index in [1.54, 1.807) is 12.1 Å². The van der Waals surface area contributed by atoms with Crippen molar-refractivity contribution in [3.05, 3.63) is 23.9 Å². The zero-order valence-electron chi connectivity index (χ0n) is 8.69. The molecule has 2 N–H and O–H groups in total. The van der Waals surface area contributed by atoms with Crippen LogP contribution < -0.4 is 4.74 Å². The molecule has 4 nitrogen and oxygen atoms in total. The number of ether oxygens (including phenoxy) is 1. The Kier molecular flexibility index (Phi) is 2.28. The molecule has 2 aromatic rings. The highest BCUT2D eigenvalue weighted by atomic mass is 16.5. The first-order valence-corrected chi connectivity index (χ1v) is 4.64. The topological polar surface area (TPSA) is 54.6 Å². The van der Waals surface area contributed by atoms with Crippen LogP contribution in [0.2, 0.25) is 0 Å². The van der Waals surface area contributed by atoms with E-state index in [1.165, 1.54) is 7.11 Å². The third-order valence-electron chi connectivity index (χ3n) is 2.64. The molecule has 0 bridgehead atoms. The average Bonchev–Trinajstić information content (AvgIpc) is 2.57. The monoisotopic (exact) mass is 207 g/mol. The zero-order chi connectivity index (χ0) is 11.0. The van der Waals surface area contributed by atoms with E-state index >= 15 is 0 Å². The highest BCUT2D eigenvalue weighted by molar-refractivity contribution is 5.89. The summed E-state index contributed by atoms with van der Waals surface area (Å²) >= 11 is 0. The van der Waals surface area contributed by atoms with Crippen molar-refractivity contribution in [2.75, 3.05) is 7.11 Å². The number of aromatic nitrogens is 1. The number of hydrogen-bond donors (Lipinski definition) is 2. The number of fused-ring (bicyclic) bond motifs is 1. The van der Waals surface area contributed by atoms with Gasteiger partial charge in [-0.3, -0.25) is 0 Å². The van der Waals surface area contributed by atoms with E-state index in [0.717, 1.165) is 11.2 Å². The van der Waals surface area contributed by atoms with Gasteiger partial charge in [-0.05, 0) is 18.2 Å². The van der Waals surface area contributed by atoms with Gasteiger partial charge >= 0.3 is 0 Å². The van der Waals surface area contributed by atoms with Gasteiger partial charge < -0.3 is 19.5 Å². The number of rotatable bonds is 2. The molecule has 0 spiro atoms. The third kappa shape index (κ3) is 1.34. The molecule has 0 amide bonds. The molecule has 0 aliphatic heterocycles. The molecule has 2 rings (SSSR count). The van der Waals surface area contributed by atoms with Gasteiger partial charge in [-0.1, -0.05) is 0 Å². The Hall–Kier alpha value is -1.68. The third-order valence-corrected chi connectivity index (χ3v) is 2.64. The van der Waals surface area contributed by atoms with Crippen LogP contribution >= 0.6 is 0 Å². The van der Waals surface area contributed by atoms with Gasteiger partial charge in [-0.15, -0.1) is 0 Å². The normalized spacial score (nSPS) is 10.9. The van der Waals surface area contributed by atoms with E-state index in [2.05, 4.69) is 0 Å². The first-order chi connectivity index (χ1) is 7.19. The molecular formula is C11H13NO3. The highest BCUT2D eigenvalue weighted by Crippen LogP contribution is 2.35. The van der Waals surface area contributed by atoms with E-state index in [1.807, 2.05) is 17.7 Å². The van der Waals surface area contributed by atoms with Crippen molar-refractivity contribution in [1.29, 1.82) is 0 Å². The number of phenols is 1. The Morgan fingerprint density at radius 2 is 2.13 bits per heavy atom. The fourth-order valence-electron chi connectivity index (χ4n) is 1.75. The quantitative estimate of drug-likeness (QED) is 0.782. The van der Waals surface area contributed by atoms with Crippen molar-refractivity contribution in [2.45, 2.75) is 6.61 Å². The predicted molar refractivity (Wildman–Crippen MR) is 57.1 cm³/mol. The second-order valence-corrected chi connectivity index (χ2v) is 3.40. The van der Waals surface area contributed by atoms with Gasteiger partial charge in [0.1, 0.15) is 0 Å². The number of hydrogen-bond acceptors (Lipinski definition) is 3. The summed E-state index contributed by atoms with van der Waals surface area (Å²) in [6.07, 6.45) is 0. The molecule has 0 aliphatic rings. The molecule has 0 unspecified atom stereocenters. The fraction of sp³-hybridized carbons (Fsp3) is 0.273. The van der Waals surface area contributed by atoms with Crippen LogP contribution in [0, 0.1) is 0 Å². The van der Waals surface area contributed by atoms with E-state index in [-0.39, 0.29) is 12.4 Å². The number of aromatic hydroxyl groups is 1. The van der Waals surface area contributed by atoms with Gasteiger partial charge in [0.2, 0.25) is 0 Å². The largest absolute Gasteiger partial charge is 0.504 e. The Labute approximate surface area is 87.3 Å². The maximum Gasteiger partial charge on any atom is 0.167 e. The van der Waals surface area contributed by atoms with Crippen LogP contribution in [0.1, 0.15) is 5.69 Å². The molecule has 1 aromatic heterocycles.